The standard InChI is InChI=1S/C19H22N2O2S.ClH/c20-16-3-1-14(2-4-16)13-17(22)21-9-7-19(8-10-21)18-15(5-11-23-19)6-12-24-18;/h1-4,6,12H,5,7-11,13,20H2;1H. The topological polar surface area (TPSA) is 55.6 Å². The van der Waals surface area contributed by atoms with Crippen molar-refractivity contribution < 1.29 is 9.53 Å². The highest BCUT2D eigenvalue weighted by Gasteiger charge is 2.42. The zero-order chi connectivity index (χ0) is 16.6. The van der Waals surface area contributed by atoms with Gasteiger partial charge in [0.25, 0.3) is 0 Å². The number of nitrogens with zero attached hydrogens (tertiary/aromatic N) is 1. The Hall–Kier alpha value is -1.56. The van der Waals surface area contributed by atoms with Crippen molar-refractivity contribution in [1.29, 1.82) is 0 Å². The number of anilines is 1. The molecular weight excluding hydrogens is 356 g/mol. The highest BCUT2D eigenvalue weighted by Crippen LogP contribution is 2.44. The van der Waals surface area contributed by atoms with E-state index in [1.165, 1.54) is 10.4 Å². The molecule has 2 aliphatic rings. The second-order valence-corrected chi connectivity index (χ2v) is 7.58. The molecule has 1 spiro atoms. The van der Waals surface area contributed by atoms with Gasteiger partial charge in [0, 0.05) is 23.7 Å². The van der Waals surface area contributed by atoms with Gasteiger partial charge in [0.15, 0.2) is 0 Å². The Labute approximate surface area is 158 Å². The maximum Gasteiger partial charge on any atom is 0.226 e. The van der Waals surface area contributed by atoms with Crippen molar-refractivity contribution in [2.75, 3.05) is 25.4 Å². The summed E-state index contributed by atoms with van der Waals surface area (Å²) in [6.07, 6.45) is 3.25. The normalized spacial score (nSPS) is 18.5. The third-order valence-electron chi connectivity index (χ3n) is 5.17. The van der Waals surface area contributed by atoms with Gasteiger partial charge < -0.3 is 15.4 Å². The number of piperidine rings is 1. The maximum atomic E-state index is 12.6. The number of carbonyl (C=O) groups excluding carboxylic acids is 1. The molecular formula is C19H23ClN2O2S. The molecule has 2 aliphatic heterocycles. The van der Waals surface area contributed by atoms with E-state index in [1.54, 1.807) is 11.3 Å². The minimum Gasteiger partial charge on any atom is -0.399 e. The van der Waals surface area contributed by atoms with Crippen molar-refractivity contribution >= 4 is 35.3 Å². The summed E-state index contributed by atoms with van der Waals surface area (Å²) in [4.78, 5) is 15.9. The first-order valence-corrected chi connectivity index (χ1v) is 9.37. The molecule has 3 heterocycles. The number of halogens is 1. The van der Waals surface area contributed by atoms with Crippen molar-refractivity contribution in [2.24, 2.45) is 0 Å². The number of carbonyl (C=O) groups is 1. The fourth-order valence-electron chi connectivity index (χ4n) is 3.76. The summed E-state index contributed by atoms with van der Waals surface area (Å²) in [5, 5.41) is 2.17. The number of likely N-dealkylation sites (tertiary alicyclic amines) is 1. The van der Waals surface area contributed by atoms with Crippen LogP contribution in [-0.4, -0.2) is 30.5 Å². The van der Waals surface area contributed by atoms with Gasteiger partial charge in [0.2, 0.25) is 5.91 Å². The largest absolute Gasteiger partial charge is 0.399 e. The lowest BCUT2D eigenvalue weighted by Crippen LogP contribution is -2.48. The van der Waals surface area contributed by atoms with Crippen molar-refractivity contribution in [1.82, 2.24) is 4.90 Å². The Morgan fingerprint density at radius 2 is 1.92 bits per heavy atom. The molecule has 2 aromatic rings. The van der Waals surface area contributed by atoms with Gasteiger partial charge in [-0.25, -0.2) is 0 Å². The van der Waals surface area contributed by atoms with Crippen LogP contribution in [0.2, 0.25) is 0 Å². The molecule has 0 atom stereocenters. The lowest BCUT2D eigenvalue weighted by Gasteiger charge is -2.43. The quantitative estimate of drug-likeness (QED) is 0.815. The summed E-state index contributed by atoms with van der Waals surface area (Å²) in [5.41, 5.74) is 8.73. The minimum absolute atomic E-state index is 0. The predicted molar refractivity (Wildman–Crippen MR) is 103 cm³/mol. The maximum absolute atomic E-state index is 12.6. The predicted octanol–water partition coefficient (Wildman–Crippen LogP) is 3.39. The number of hydrogen-bond acceptors (Lipinski definition) is 4. The van der Waals surface area contributed by atoms with E-state index in [1.807, 2.05) is 29.2 Å². The molecule has 0 bridgehead atoms. The molecule has 134 valence electrons. The van der Waals surface area contributed by atoms with Gasteiger partial charge >= 0.3 is 0 Å². The molecule has 4 rings (SSSR count). The third-order valence-corrected chi connectivity index (χ3v) is 6.31. The van der Waals surface area contributed by atoms with Crippen LogP contribution in [0.15, 0.2) is 35.7 Å². The van der Waals surface area contributed by atoms with E-state index in [9.17, 15) is 4.79 Å². The molecule has 4 nitrogen and oxygen atoms in total. The third kappa shape index (κ3) is 3.54. The summed E-state index contributed by atoms with van der Waals surface area (Å²) in [7, 11) is 0. The van der Waals surface area contributed by atoms with Crippen LogP contribution < -0.4 is 5.73 Å². The molecule has 25 heavy (non-hydrogen) atoms. The summed E-state index contributed by atoms with van der Waals surface area (Å²) in [6, 6.07) is 9.79. The van der Waals surface area contributed by atoms with Gasteiger partial charge in [-0.2, -0.15) is 0 Å². The molecule has 0 radical (unpaired) electrons. The zero-order valence-electron chi connectivity index (χ0n) is 14.1. The van der Waals surface area contributed by atoms with Gasteiger partial charge in [-0.05, 0) is 54.0 Å². The lowest BCUT2D eigenvalue weighted by atomic mass is 9.85. The number of amides is 1. The first-order valence-electron chi connectivity index (χ1n) is 8.49. The van der Waals surface area contributed by atoms with E-state index < -0.39 is 0 Å². The SMILES string of the molecule is Cl.Nc1ccc(CC(=O)N2CCC3(CC2)OCCc2ccsc23)cc1. The minimum atomic E-state index is -0.153. The fraction of sp³-hybridized carbons (Fsp3) is 0.421. The van der Waals surface area contributed by atoms with Crippen LogP contribution in [-0.2, 0) is 28.0 Å². The molecule has 0 saturated carbocycles. The average Bonchev–Trinajstić information content (AvgIpc) is 3.08. The van der Waals surface area contributed by atoms with Crippen molar-refractivity contribution in [3.63, 3.8) is 0 Å². The summed E-state index contributed by atoms with van der Waals surface area (Å²) < 4.78 is 6.21. The van der Waals surface area contributed by atoms with Crippen LogP contribution in [0.5, 0.6) is 0 Å². The molecule has 1 amide bonds. The first-order chi connectivity index (χ1) is 11.7. The van der Waals surface area contributed by atoms with E-state index in [0.717, 1.165) is 50.2 Å². The number of thiophene rings is 1. The smallest absolute Gasteiger partial charge is 0.226 e. The van der Waals surface area contributed by atoms with Crippen LogP contribution >= 0.6 is 23.7 Å². The van der Waals surface area contributed by atoms with Gasteiger partial charge in [0.05, 0.1) is 13.0 Å². The highest BCUT2D eigenvalue weighted by atomic mass is 35.5. The van der Waals surface area contributed by atoms with Gasteiger partial charge in [-0.15, -0.1) is 23.7 Å². The van der Waals surface area contributed by atoms with Gasteiger partial charge in [-0.1, -0.05) is 12.1 Å². The highest BCUT2D eigenvalue weighted by molar-refractivity contribution is 7.10. The van der Waals surface area contributed by atoms with Crippen LogP contribution in [0.4, 0.5) is 5.69 Å². The Kier molecular flexibility index (Phi) is 5.37. The number of nitrogen functional groups attached to an aromatic ring is 1. The number of rotatable bonds is 2. The van der Waals surface area contributed by atoms with Gasteiger partial charge in [-0.3, -0.25) is 4.79 Å². The lowest BCUT2D eigenvalue weighted by molar-refractivity contribution is -0.139. The molecule has 1 aromatic carbocycles. The molecule has 6 heteroatoms. The Balaban J connectivity index is 0.00000182. The molecule has 1 fully saturated rings. The number of hydrogen-bond donors (Lipinski definition) is 1. The van der Waals surface area contributed by atoms with Gasteiger partial charge in [0.1, 0.15) is 5.60 Å². The van der Waals surface area contributed by atoms with E-state index in [-0.39, 0.29) is 23.9 Å². The Morgan fingerprint density at radius 3 is 2.64 bits per heavy atom. The molecule has 0 unspecified atom stereocenters. The van der Waals surface area contributed by atoms with Crippen molar-refractivity contribution in [3.05, 3.63) is 51.7 Å². The Morgan fingerprint density at radius 1 is 1.20 bits per heavy atom. The van der Waals surface area contributed by atoms with Crippen molar-refractivity contribution in [2.45, 2.75) is 31.3 Å². The summed E-state index contributed by atoms with van der Waals surface area (Å²) in [6.45, 7) is 2.33. The number of nitrogens with two attached hydrogens (primary N) is 1. The van der Waals surface area contributed by atoms with Crippen molar-refractivity contribution in [3.8, 4) is 0 Å². The molecule has 1 aromatic heterocycles. The number of ether oxygens (including phenoxy) is 1. The van der Waals surface area contributed by atoms with Crippen LogP contribution in [0.25, 0.3) is 0 Å². The summed E-state index contributed by atoms with van der Waals surface area (Å²) in [5.74, 6) is 0.192. The van der Waals surface area contributed by atoms with E-state index in [0.29, 0.717) is 6.42 Å². The monoisotopic (exact) mass is 378 g/mol. The fourth-order valence-corrected chi connectivity index (χ4v) is 4.93. The molecule has 1 saturated heterocycles. The number of benzene rings is 1. The average molecular weight is 379 g/mol. The summed E-state index contributed by atoms with van der Waals surface area (Å²) >= 11 is 1.80. The second-order valence-electron chi connectivity index (χ2n) is 6.67. The zero-order valence-corrected chi connectivity index (χ0v) is 15.7. The van der Waals surface area contributed by atoms with E-state index >= 15 is 0 Å². The molecule has 2 N–H and O–H groups in total. The van der Waals surface area contributed by atoms with Crippen LogP contribution in [0.1, 0.15) is 28.8 Å². The second kappa shape index (κ2) is 7.36. The van der Waals surface area contributed by atoms with E-state index in [2.05, 4.69) is 11.4 Å². The number of fused-ring (bicyclic) bond motifs is 2. The Bertz CT molecular complexity index is 736. The van der Waals surface area contributed by atoms with Crippen LogP contribution in [0.3, 0.4) is 0 Å². The molecule has 0 aliphatic carbocycles. The first kappa shape index (κ1) is 18.2. The van der Waals surface area contributed by atoms with E-state index in [4.69, 9.17) is 10.5 Å². The van der Waals surface area contributed by atoms with Crippen LogP contribution in [0, 0.1) is 0 Å².